The summed E-state index contributed by atoms with van der Waals surface area (Å²) in [5, 5.41) is 10.7. The van der Waals surface area contributed by atoms with Gasteiger partial charge in [-0.15, -0.1) is 10.2 Å². The molecule has 7 nitrogen and oxygen atoms in total. The van der Waals surface area contributed by atoms with Crippen LogP contribution in [0.1, 0.15) is 12.7 Å². The zero-order valence-corrected chi connectivity index (χ0v) is 13.3. The van der Waals surface area contributed by atoms with Gasteiger partial charge in [0.25, 0.3) is 0 Å². The van der Waals surface area contributed by atoms with E-state index in [0.29, 0.717) is 21.8 Å². The first-order valence-corrected chi connectivity index (χ1v) is 8.12. The first-order valence-electron chi connectivity index (χ1n) is 6.32. The van der Waals surface area contributed by atoms with E-state index in [1.807, 2.05) is 0 Å². The lowest BCUT2D eigenvalue weighted by atomic mass is 10.4. The van der Waals surface area contributed by atoms with Gasteiger partial charge in [0.1, 0.15) is 5.76 Å². The molecule has 0 aliphatic rings. The molecule has 0 fully saturated rings. The minimum atomic E-state index is -0.338. The summed E-state index contributed by atoms with van der Waals surface area (Å²) in [5.41, 5.74) is 0. The molecule has 0 saturated heterocycles. The second-order valence-electron chi connectivity index (χ2n) is 3.80. The third kappa shape index (κ3) is 5.34. The number of hydrogen-bond acceptors (Lipinski definition) is 8. The molecular weight excluding hydrogens is 326 g/mol. The van der Waals surface area contributed by atoms with E-state index in [1.165, 1.54) is 35.4 Å². The maximum absolute atomic E-state index is 11.7. The van der Waals surface area contributed by atoms with Gasteiger partial charge in [-0.25, -0.2) is 0 Å². The fourth-order valence-electron chi connectivity index (χ4n) is 1.33. The van der Waals surface area contributed by atoms with Gasteiger partial charge < -0.3 is 9.15 Å². The Balaban J connectivity index is 1.81. The van der Waals surface area contributed by atoms with Gasteiger partial charge in [0.2, 0.25) is 11.0 Å². The van der Waals surface area contributed by atoms with Crippen molar-refractivity contribution in [3.05, 3.63) is 30.2 Å². The molecule has 116 valence electrons. The fraction of sp³-hybridized carbons (Fsp3) is 0.231. The molecule has 2 aromatic rings. The number of nitrogens with zero attached hydrogens (tertiary/aromatic N) is 2. The number of ether oxygens (including phenoxy) is 1. The number of thioether (sulfide) groups is 1. The number of amides is 1. The minimum Gasteiger partial charge on any atom is -0.465 e. The molecule has 0 unspecified atom stereocenters. The Morgan fingerprint density at radius 1 is 1.50 bits per heavy atom. The van der Waals surface area contributed by atoms with Crippen LogP contribution in [0.3, 0.4) is 0 Å². The SMILES string of the molecule is CCOC(=O)CSc1nnc(NC(=O)C=Cc2ccco2)s1. The molecule has 0 aliphatic carbocycles. The predicted molar refractivity (Wildman–Crippen MR) is 83.6 cm³/mol. The predicted octanol–water partition coefficient (Wildman–Crippen LogP) is 2.44. The Kier molecular flexibility index (Phi) is 6.16. The monoisotopic (exact) mass is 339 g/mol. The topological polar surface area (TPSA) is 94.3 Å². The van der Waals surface area contributed by atoms with Gasteiger partial charge in [0, 0.05) is 6.08 Å². The van der Waals surface area contributed by atoms with Crippen LogP contribution in [-0.2, 0) is 14.3 Å². The van der Waals surface area contributed by atoms with Crippen molar-refractivity contribution in [1.29, 1.82) is 0 Å². The lowest BCUT2D eigenvalue weighted by Gasteiger charge is -1.98. The van der Waals surface area contributed by atoms with Crippen LogP contribution in [0, 0.1) is 0 Å². The number of rotatable bonds is 7. The number of anilines is 1. The molecule has 0 saturated carbocycles. The Hall–Kier alpha value is -2.13. The van der Waals surface area contributed by atoms with E-state index in [-0.39, 0.29) is 17.6 Å². The standard InChI is InChI=1S/C13H13N3O4S2/c1-2-19-11(18)8-21-13-16-15-12(22-13)14-10(17)6-5-9-4-3-7-20-9/h3-7H,2,8H2,1H3,(H,14,15,17). The fourth-order valence-corrected chi connectivity index (χ4v) is 2.89. The van der Waals surface area contributed by atoms with Crippen molar-refractivity contribution in [1.82, 2.24) is 10.2 Å². The molecule has 0 aliphatic heterocycles. The van der Waals surface area contributed by atoms with Crippen LogP contribution in [0.25, 0.3) is 6.08 Å². The summed E-state index contributed by atoms with van der Waals surface area (Å²) in [6.07, 6.45) is 4.41. The van der Waals surface area contributed by atoms with Crippen molar-refractivity contribution in [3.8, 4) is 0 Å². The van der Waals surface area contributed by atoms with E-state index in [9.17, 15) is 9.59 Å². The van der Waals surface area contributed by atoms with E-state index >= 15 is 0 Å². The van der Waals surface area contributed by atoms with E-state index in [0.717, 1.165) is 0 Å². The maximum Gasteiger partial charge on any atom is 0.316 e. The van der Waals surface area contributed by atoms with Gasteiger partial charge in [0.05, 0.1) is 18.6 Å². The van der Waals surface area contributed by atoms with Crippen LogP contribution < -0.4 is 5.32 Å². The molecule has 22 heavy (non-hydrogen) atoms. The second-order valence-corrected chi connectivity index (χ2v) is 6.00. The van der Waals surface area contributed by atoms with Crippen molar-refractivity contribution in [2.45, 2.75) is 11.3 Å². The van der Waals surface area contributed by atoms with Crippen molar-refractivity contribution in [2.24, 2.45) is 0 Å². The van der Waals surface area contributed by atoms with E-state index in [1.54, 1.807) is 25.1 Å². The largest absolute Gasteiger partial charge is 0.465 e. The minimum absolute atomic E-state index is 0.162. The molecule has 1 N–H and O–H groups in total. The normalized spacial score (nSPS) is 10.8. The van der Waals surface area contributed by atoms with Crippen LogP contribution in [0.4, 0.5) is 5.13 Å². The molecule has 0 aromatic carbocycles. The third-order valence-electron chi connectivity index (χ3n) is 2.20. The van der Waals surface area contributed by atoms with E-state index in [2.05, 4.69) is 15.5 Å². The highest BCUT2D eigenvalue weighted by molar-refractivity contribution is 8.01. The van der Waals surface area contributed by atoms with Crippen LogP contribution in [-0.4, -0.2) is 34.4 Å². The number of hydrogen-bond donors (Lipinski definition) is 1. The molecule has 2 heterocycles. The molecule has 0 atom stereocenters. The summed E-state index contributed by atoms with van der Waals surface area (Å²) < 4.78 is 10.5. The lowest BCUT2D eigenvalue weighted by molar-refractivity contribution is -0.139. The number of aromatic nitrogens is 2. The summed E-state index contributed by atoms with van der Waals surface area (Å²) in [7, 11) is 0. The smallest absolute Gasteiger partial charge is 0.316 e. The van der Waals surface area contributed by atoms with Gasteiger partial charge in [-0.2, -0.15) is 0 Å². The Labute approximate surface area is 134 Å². The summed E-state index contributed by atoms with van der Waals surface area (Å²) in [5.74, 6) is 0.0942. The summed E-state index contributed by atoms with van der Waals surface area (Å²) in [6, 6.07) is 3.47. The lowest BCUT2D eigenvalue weighted by Crippen LogP contribution is -2.07. The van der Waals surface area contributed by atoms with Gasteiger partial charge in [-0.3, -0.25) is 14.9 Å². The van der Waals surface area contributed by atoms with Crippen molar-refractivity contribution >= 4 is 46.2 Å². The molecule has 0 bridgehead atoms. The highest BCUT2D eigenvalue weighted by Gasteiger charge is 2.09. The second kappa shape index (κ2) is 8.35. The maximum atomic E-state index is 11.7. The van der Waals surface area contributed by atoms with Crippen molar-refractivity contribution < 1.29 is 18.7 Å². The zero-order valence-electron chi connectivity index (χ0n) is 11.6. The number of nitrogens with one attached hydrogen (secondary N) is 1. The molecular formula is C13H13N3O4S2. The van der Waals surface area contributed by atoms with Crippen LogP contribution in [0.15, 0.2) is 33.2 Å². The van der Waals surface area contributed by atoms with E-state index < -0.39 is 0 Å². The summed E-state index contributed by atoms with van der Waals surface area (Å²) in [6.45, 7) is 2.09. The quantitative estimate of drug-likeness (QED) is 0.358. The molecule has 2 rings (SSSR count). The Bertz CT molecular complexity index is 652. The first kappa shape index (κ1) is 16.2. The average Bonchev–Trinajstić information content (AvgIpc) is 3.15. The van der Waals surface area contributed by atoms with Gasteiger partial charge in [-0.05, 0) is 25.1 Å². The Morgan fingerprint density at radius 2 is 2.36 bits per heavy atom. The highest BCUT2D eigenvalue weighted by Crippen LogP contribution is 2.25. The number of carbonyl (C=O) groups excluding carboxylic acids is 2. The average molecular weight is 339 g/mol. The van der Waals surface area contributed by atoms with Crippen LogP contribution >= 0.6 is 23.1 Å². The third-order valence-corrected chi connectivity index (χ3v) is 4.14. The van der Waals surface area contributed by atoms with Gasteiger partial charge >= 0.3 is 5.97 Å². The van der Waals surface area contributed by atoms with E-state index in [4.69, 9.17) is 9.15 Å². The van der Waals surface area contributed by atoms with Crippen molar-refractivity contribution in [2.75, 3.05) is 17.7 Å². The molecule has 2 aromatic heterocycles. The van der Waals surface area contributed by atoms with Gasteiger partial charge in [-0.1, -0.05) is 23.1 Å². The van der Waals surface area contributed by atoms with Crippen molar-refractivity contribution in [3.63, 3.8) is 0 Å². The molecule has 0 spiro atoms. The number of carbonyl (C=O) groups is 2. The molecule has 1 amide bonds. The molecule has 0 radical (unpaired) electrons. The van der Waals surface area contributed by atoms with Crippen LogP contribution in [0.5, 0.6) is 0 Å². The number of esters is 1. The van der Waals surface area contributed by atoms with Gasteiger partial charge in [0.15, 0.2) is 4.34 Å². The summed E-state index contributed by atoms with van der Waals surface area (Å²) >= 11 is 2.40. The summed E-state index contributed by atoms with van der Waals surface area (Å²) in [4.78, 5) is 22.9. The highest BCUT2D eigenvalue weighted by atomic mass is 32.2. The zero-order chi connectivity index (χ0) is 15.8. The first-order chi connectivity index (χ1) is 10.7. The Morgan fingerprint density at radius 3 is 3.09 bits per heavy atom. The number of furan rings is 1. The molecule has 9 heteroatoms. The van der Waals surface area contributed by atoms with Crippen LogP contribution in [0.2, 0.25) is 0 Å².